The minimum atomic E-state index is -4.60. The number of aliphatic hydroxyl groups excluding tert-OH is 1. The molecule has 1 aromatic heterocycles. The number of furan rings is 1. The van der Waals surface area contributed by atoms with E-state index in [2.05, 4.69) is 19.9 Å². The molecular formula is C48H57ClF3NO6. The number of aliphatic hydroxyl groups is 2. The van der Waals surface area contributed by atoms with Crippen LogP contribution in [0.2, 0.25) is 5.02 Å². The number of allylic oxidation sites excluding steroid dienone is 2. The van der Waals surface area contributed by atoms with Gasteiger partial charge < -0.3 is 24.3 Å². The Bertz CT molecular complexity index is 2070. The van der Waals surface area contributed by atoms with Crippen LogP contribution in [0.25, 0.3) is 11.3 Å². The highest BCUT2D eigenvalue weighted by molar-refractivity contribution is 6.33. The van der Waals surface area contributed by atoms with Crippen molar-refractivity contribution in [2.24, 2.45) is 28.6 Å². The van der Waals surface area contributed by atoms with Gasteiger partial charge in [0, 0.05) is 23.1 Å². The molecule has 4 atom stereocenters. The average molecular weight is 836 g/mol. The van der Waals surface area contributed by atoms with Gasteiger partial charge in [0.2, 0.25) is 5.78 Å². The molecule has 11 heteroatoms. The van der Waals surface area contributed by atoms with Crippen LogP contribution in [0.5, 0.6) is 0 Å². The smallest absolute Gasteiger partial charge is 0.416 e. The fourth-order valence-corrected chi connectivity index (χ4v) is 12.6. The van der Waals surface area contributed by atoms with Gasteiger partial charge >= 0.3 is 12.3 Å². The van der Waals surface area contributed by atoms with Gasteiger partial charge in [0.25, 0.3) is 0 Å². The highest BCUT2D eigenvalue weighted by Crippen LogP contribution is 2.62. The summed E-state index contributed by atoms with van der Waals surface area (Å²) < 4.78 is 52.7. The highest BCUT2D eigenvalue weighted by atomic mass is 35.5. The number of benzene rings is 2. The van der Waals surface area contributed by atoms with E-state index in [1.165, 1.54) is 31.4 Å². The second-order valence-corrected chi connectivity index (χ2v) is 19.5. The molecule has 0 spiro atoms. The topological polar surface area (TPSA) is 100 Å². The number of halogens is 4. The van der Waals surface area contributed by atoms with E-state index >= 15 is 0 Å². The lowest BCUT2D eigenvalue weighted by Crippen LogP contribution is -2.58. The molecule has 6 bridgehead atoms. The average Bonchev–Trinajstić information content (AvgIpc) is 3.75. The van der Waals surface area contributed by atoms with Gasteiger partial charge in [-0.1, -0.05) is 42.3 Å². The van der Waals surface area contributed by atoms with Crippen LogP contribution in [0.3, 0.4) is 0 Å². The monoisotopic (exact) mass is 835 g/mol. The number of ketones is 1. The third kappa shape index (κ3) is 8.27. The number of fused-ring (bicyclic) bond motifs is 8. The molecule has 5 saturated carbocycles. The largest absolute Gasteiger partial charge is 0.453 e. The second kappa shape index (κ2) is 16.0. The van der Waals surface area contributed by atoms with Crippen LogP contribution in [0.1, 0.15) is 137 Å². The Kier molecular flexibility index (Phi) is 11.4. The second-order valence-electron chi connectivity index (χ2n) is 19.1. The Balaban J connectivity index is 1.16. The van der Waals surface area contributed by atoms with Crippen molar-refractivity contribution in [2.45, 2.75) is 128 Å². The summed E-state index contributed by atoms with van der Waals surface area (Å²) in [6.07, 6.45) is 7.49. The predicted molar refractivity (Wildman–Crippen MR) is 220 cm³/mol. The Hall–Kier alpha value is -3.60. The first-order valence-corrected chi connectivity index (χ1v) is 22.0. The van der Waals surface area contributed by atoms with Gasteiger partial charge in [-0.05, 0) is 174 Å². The molecule has 4 unspecified atom stereocenters. The van der Waals surface area contributed by atoms with E-state index < -0.39 is 40.7 Å². The lowest BCUT2D eigenvalue weighted by molar-refractivity contribution is -0.137. The van der Waals surface area contributed by atoms with Crippen LogP contribution in [-0.2, 0) is 17.3 Å². The first-order chi connectivity index (χ1) is 28.0. The first kappa shape index (κ1) is 42.1. The molecule has 1 amide bonds. The molecule has 7 aliphatic rings. The first-order valence-electron chi connectivity index (χ1n) is 21.6. The van der Waals surface area contributed by atoms with Crippen LogP contribution in [-0.4, -0.2) is 58.4 Å². The van der Waals surface area contributed by atoms with Crippen molar-refractivity contribution in [3.63, 3.8) is 0 Å². The number of ether oxygens (including phenoxy) is 1. The van der Waals surface area contributed by atoms with Crippen LogP contribution in [0.15, 0.2) is 64.6 Å². The molecule has 7 aliphatic carbocycles. The van der Waals surface area contributed by atoms with Gasteiger partial charge in [0.05, 0.1) is 35.4 Å². The number of rotatable bonds is 8. The summed E-state index contributed by atoms with van der Waals surface area (Å²) in [6, 6.07) is 11.6. The summed E-state index contributed by atoms with van der Waals surface area (Å²) in [6.45, 7) is 6.90. The van der Waals surface area contributed by atoms with Crippen LogP contribution >= 0.6 is 11.6 Å². The number of carbonyl (C=O) groups is 2. The summed E-state index contributed by atoms with van der Waals surface area (Å²) in [5.41, 5.74) is 0.0413. The quantitative estimate of drug-likeness (QED) is 0.173. The highest BCUT2D eigenvalue weighted by Gasteiger charge is 2.59. The number of carbonyl (C=O) groups excluding carboxylic acids is 2. The van der Waals surface area contributed by atoms with Crippen molar-refractivity contribution in [3.05, 3.63) is 93.2 Å². The summed E-state index contributed by atoms with van der Waals surface area (Å²) in [5.74, 6) is 1.29. The maximum Gasteiger partial charge on any atom is 0.416 e. The van der Waals surface area contributed by atoms with Crippen molar-refractivity contribution < 1.29 is 42.1 Å². The van der Waals surface area contributed by atoms with E-state index in [-0.39, 0.29) is 46.6 Å². The SMILES string of the molecule is CCOC(=O)N(CC12CC3CC(CC(C3)C1)C2)CC1(O)CCC2c3ccc(cc3C(=O)c3ccc(-c4cc(C(F)(F)F)ccc4Cl)o3)CC(O)CCC(C)=CCCC21C. The van der Waals surface area contributed by atoms with Crippen LogP contribution in [0, 0.1) is 28.6 Å². The number of nitrogens with zero attached hydrogens (tertiary/aromatic N) is 1. The molecule has 5 fully saturated rings. The molecule has 7 nitrogen and oxygen atoms in total. The number of hydrogen-bond donors (Lipinski definition) is 2. The zero-order chi connectivity index (χ0) is 41.9. The minimum absolute atomic E-state index is 0.0172. The van der Waals surface area contributed by atoms with Gasteiger partial charge in [-0.3, -0.25) is 4.79 Å². The van der Waals surface area contributed by atoms with E-state index in [9.17, 15) is 33.0 Å². The predicted octanol–water partition coefficient (Wildman–Crippen LogP) is 11.6. The van der Waals surface area contributed by atoms with E-state index in [4.69, 9.17) is 20.8 Å². The molecular weight excluding hydrogens is 779 g/mol. The Morgan fingerprint density at radius 3 is 2.36 bits per heavy atom. The summed E-state index contributed by atoms with van der Waals surface area (Å²) in [5, 5.41) is 24.3. The summed E-state index contributed by atoms with van der Waals surface area (Å²) in [4.78, 5) is 30.5. The molecule has 1 heterocycles. The summed E-state index contributed by atoms with van der Waals surface area (Å²) >= 11 is 6.36. The van der Waals surface area contributed by atoms with Gasteiger partial charge in [0.1, 0.15) is 5.76 Å². The third-order valence-electron chi connectivity index (χ3n) is 15.0. The lowest BCUT2D eigenvalue weighted by Gasteiger charge is -2.58. The molecule has 0 saturated heterocycles. The molecule has 59 heavy (non-hydrogen) atoms. The van der Waals surface area contributed by atoms with E-state index in [1.54, 1.807) is 6.07 Å². The molecule has 0 aliphatic heterocycles. The maximum absolute atomic E-state index is 14.7. The van der Waals surface area contributed by atoms with Gasteiger partial charge in [-0.25, -0.2) is 4.79 Å². The normalized spacial score (nSPS) is 31.7. The number of amides is 1. The zero-order valence-electron chi connectivity index (χ0n) is 34.4. The zero-order valence-corrected chi connectivity index (χ0v) is 35.1. The molecule has 10 rings (SSSR count). The summed E-state index contributed by atoms with van der Waals surface area (Å²) in [7, 11) is 0. The molecule has 2 aromatic carbocycles. The minimum Gasteiger partial charge on any atom is -0.453 e. The van der Waals surface area contributed by atoms with Crippen molar-refractivity contribution in [3.8, 4) is 11.3 Å². The van der Waals surface area contributed by atoms with E-state index in [0.29, 0.717) is 74.8 Å². The van der Waals surface area contributed by atoms with Crippen molar-refractivity contribution in [2.75, 3.05) is 19.7 Å². The van der Waals surface area contributed by atoms with Gasteiger partial charge in [0.15, 0.2) is 5.76 Å². The van der Waals surface area contributed by atoms with Gasteiger partial charge in [-0.2, -0.15) is 13.2 Å². The number of hydrogen-bond acceptors (Lipinski definition) is 6. The molecule has 318 valence electrons. The fourth-order valence-electron chi connectivity index (χ4n) is 12.4. The maximum atomic E-state index is 14.7. The Labute approximate surface area is 350 Å². The van der Waals surface area contributed by atoms with Gasteiger partial charge in [-0.15, -0.1) is 0 Å². The molecule has 0 radical (unpaired) electrons. The standard InChI is InChI=1S/C48H57ClF3NO6/c1-4-58-44(56)53(27-46-24-31-18-32(25-46)20-33(19-31)26-46)28-47(57)17-15-39-36-11-8-30(21-35(54)10-7-29(2)6-5-16-45(39,47)3)22-37(36)43(55)42-14-13-41(59-42)38-23-34(48(50,51)52)9-12-40(38)49/h6,8-9,11-14,22-23,31-33,35,39,54,57H,4-5,7,10,15-21,24-28H2,1-3H3. The Morgan fingerprint density at radius 1 is 0.966 bits per heavy atom. The van der Waals surface area contributed by atoms with E-state index in [1.807, 2.05) is 24.0 Å². The number of alkyl halides is 3. The lowest BCUT2D eigenvalue weighted by atomic mass is 9.49. The van der Waals surface area contributed by atoms with Crippen LogP contribution in [0.4, 0.5) is 18.0 Å². The van der Waals surface area contributed by atoms with Crippen LogP contribution < -0.4 is 0 Å². The van der Waals surface area contributed by atoms with Crippen molar-refractivity contribution in [1.29, 1.82) is 0 Å². The third-order valence-corrected chi connectivity index (χ3v) is 15.3. The van der Waals surface area contributed by atoms with E-state index in [0.717, 1.165) is 54.2 Å². The van der Waals surface area contributed by atoms with Crippen molar-refractivity contribution in [1.82, 2.24) is 4.90 Å². The fraction of sp³-hybridized carbons (Fsp3) is 0.583. The molecule has 2 N–H and O–H groups in total. The Morgan fingerprint density at radius 2 is 1.68 bits per heavy atom. The van der Waals surface area contributed by atoms with Crippen molar-refractivity contribution >= 4 is 23.5 Å². The molecule has 3 aromatic rings.